The molecule has 0 bridgehead atoms. The summed E-state index contributed by atoms with van der Waals surface area (Å²) in [4.78, 5) is 16.7. The molecule has 7 nitrogen and oxygen atoms in total. The maximum atomic E-state index is 12.5. The first kappa shape index (κ1) is 18.5. The first-order valence-corrected chi connectivity index (χ1v) is 9.83. The lowest BCUT2D eigenvalue weighted by Gasteiger charge is -2.12. The maximum Gasteiger partial charge on any atom is 0.251 e. The van der Waals surface area contributed by atoms with E-state index in [4.69, 9.17) is 4.74 Å². The second-order valence-corrected chi connectivity index (χ2v) is 7.87. The number of rotatable bonds is 6. The Kier molecular flexibility index (Phi) is 5.65. The Labute approximate surface area is 152 Å². The summed E-state index contributed by atoms with van der Waals surface area (Å²) in [7, 11) is -3.70. The van der Waals surface area contributed by atoms with E-state index in [1.807, 2.05) is 19.1 Å². The molecule has 1 aromatic carbocycles. The van der Waals surface area contributed by atoms with Crippen LogP contribution < -0.4 is 10.0 Å². The molecule has 138 valence electrons. The highest BCUT2D eigenvalue weighted by molar-refractivity contribution is 7.89. The van der Waals surface area contributed by atoms with Crippen LogP contribution in [-0.4, -0.2) is 38.6 Å². The zero-order valence-electron chi connectivity index (χ0n) is 14.4. The molecular weight excluding hydrogens is 354 g/mol. The van der Waals surface area contributed by atoms with Crippen LogP contribution in [0.3, 0.4) is 0 Å². The molecule has 1 aliphatic rings. The van der Waals surface area contributed by atoms with Crippen molar-refractivity contribution in [2.75, 3.05) is 13.2 Å². The van der Waals surface area contributed by atoms with Gasteiger partial charge in [0.2, 0.25) is 10.0 Å². The second kappa shape index (κ2) is 7.94. The molecule has 8 heteroatoms. The minimum absolute atomic E-state index is 0.0612. The van der Waals surface area contributed by atoms with Crippen molar-refractivity contribution in [3.63, 3.8) is 0 Å². The second-order valence-electron chi connectivity index (χ2n) is 6.16. The van der Waals surface area contributed by atoms with Crippen molar-refractivity contribution in [3.05, 3.63) is 59.4 Å². The van der Waals surface area contributed by atoms with Gasteiger partial charge in [-0.2, -0.15) is 0 Å². The van der Waals surface area contributed by atoms with Gasteiger partial charge < -0.3 is 10.1 Å². The number of sulfonamides is 1. The van der Waals surface area contributed by atoms with Crippen molar-refractivity contribution in [3.8, 4) is 0 Å². The number of hydrogen-bond donors (Lipinski definition) is 2. The Hall–Kier alpha value is -2.29. The van der Waals surface area contributed by atoms with Gasteiger partial charge in [0.05, 0.1) is 23.7 Å². The van der Waals surface area contributed by atoms with Gasteiger partial charge in [0.15, 0.2) is 0 Å². The fourth-order valence-electron chi connectivity index (χ4n) is 2.69. The molecule has 0 unspecified atom stereocenters. The number of ether oxygens (including phenoxy) is 1. The fourth-order valence-corrected chi connectivity index (χ4v) is 3.99. The van der Waals surface area contributed by atoms with E-state index in [-0.39, 0.29) is 29.0 Å². The van der Waals surface area contributed by atoms with Gasteiger partial charge in [0, 0.05) is 24.4 Å². The van der Waals surface area contributed by atoms with Gasteiger partial charge in [-0.15, -0.1) is 0 Å². The number of carbonyl (C=O) groups is 1. The largest absolute Gasteiger partial charge is 0.380 e. The molecule has 1 aliphatic heterocycles. The summed E-state index contributed by atoms with van der Waals surface area (Å²) >= 11 is 0. The van der Waals surface area contributed by atoms with E-state index >= 15 is 0 Å². The van der Waals surface area contributed by atoms with E-state index in [0.29, 0.717) is 19.6 Å². The highest BCUT2D eigenvalue weighted by Crippen LogP contribution is 2.14. The van der Waals surface area contributed by atoms with Crippen molar-refractivity contribution in [1.29, 1.82) is 0 Å². The third kappa shape index (κ3) is 4.46. The Morgan fingerprint density at radius 1 is 1.31 bits per heavy atom. The summed E-state index contributed by atoms with van der Waals surface area (Å²) in [5.41, 5.74) is 2.03. The summed E-state index contributed by atoms with van der Waals surface area (Å²) < 4.78 is 32.8. The van der Waals surface area contributed by atoms with Crippen molar-refractivity contribution in [2.45, 2.75) is 30.8 Å². The third-order valence-corrected chi connectivity index (χ3v) is 5.71. The van der Waals surface area contributed by atoms with Gasteiger partial charge >= 0.3 is 0 Å². The zero-order valence-corrected chi connectivity index (χ0v) is 15.3. The predicted molar refractivity (Wildman–Crippen MR) is 96.1 cm³/mol. The molecular formula is C18H21N3O4S. The number of benzene rings is 1. The molecule has 2 N–H and O–H groups in total. The molecule has 3 rings (SSSR count). The number of aromatic nitrogens is 1. The SMILES string of the molecule is Cc1cccnc1CNC(=O)c1cccc(S(=O)(=O)N[C@H]2CCOC2)c1. The number of aryl methyl sites for hydroxylation is 1. The van der Waals surface area contributed by atoms with Crippen LogP contribution in [0.25, 0.3) is 0 Å². The molecule has 2 aromatic rings. The molecule has 0 radical (unpaired) electrons. The molecule has 1 fully saturated rings. The number of nitrogens with one attached hydrogen (secondary N) is 2. The highest BCUT2D eigenvalue weighted by Gasteiger charge is 2.24. The van der Waals surface area contributed by atoms with Crippen molar-refractivity contribution in [2.24, 2.45) is 0 Å². The molecule has 1 saturated heterocycles. The summed E-state index contributed by atoms with van der Waals surface area (Å²) in [6.45, 7) is 3.10. The number of hydrogen-bond acceptors (Lipinski definition) is 5. The van der Waals surface area contributed by atoms with E-state index in [1.165, 1.54) is 12.1 Å². The minimum Gasteiger partial charge on any atom is -0.380 e. The average Bonchev–Trinajstić information content (AvgIpc) is 3.13. The van der Waals surface area contributed by atoms with E-state index in [1.54, 1.807) is 18.3 Å². The Morgan fingerprint density at radius 2 is 2.15 bits per heavy atom. The quantitative estimate of drug-likeness (QED) is 0.795. The fraction of sp³-hybridized carbons (Fsp3) is 0.333. The van der Waals surface area contributed by atoms with Gasteiger partial charge in [0.1, 0.15) is 0 Å². The Balaban J connectivity index is 1.70. The summed E-state index contributed by atoms with van der Waals surface area (Å²) in [5, 5.41) is 2.77. The van der Waals surface area contributed by atoms with E-state index in [2.05, 4.69) is 15.0 Å². The lowest BCUT2D eigenvalue weighted by atomic mass is 10.2. The van der Waals surface area contributed by atoms with Crippen LogP contribution in [0, 0.1) is 6.92 Å². The van der Waals surface area contributed by atoms with Gasteiger partial charge in [-0.05, 0) is 43.2 Å². The van der Waals surface area contributed by atoms with Crippen LogP contribution >= 0.6 is 0 Å². The molecule has 0 spiro atoms. The van der Waals surface area contributed by atoms with Gasteiger partial charge in [-0.3, -0.25) is 9.78 Å². The zero-order chi connectivity index (χ0) is 18.6. The smallest absolute Gasteiger partial charge is 0.251 e. The van der Waals surface area contributed by atoms with Crippen LogP contribution in [0.1, 0.15) is 28.0 Å². The number of amides is 1. The van der Waals surface area contributed by atoms with Crippen LogP contribution in [0.5, 0.6) is 0 Å². The number of carbonyl (C=O) groups excluding carboxylic acids is 1. The maximum absolute atomic E-state index is 12.5. The van der Waals surface area contributed by atoms with Crippen LogP contribution in [-0.2, 0) is 21.3 Å². The van der Waals surface area contributed by atoms with E-state index in [9.17, 15) is 13.2 Å². The standard InChI is InChI=1S/C18H21N3O4S/c1-13-4-3-8-19-17(13)11-20-18(22)14-5-2-6-16(10-14)26(23,24)21-15-7-9-25-12-15/h2-6,8,10,15,21H,7,9,11-12H2,1H3,(H,20,22)/t15-/m0/s1. The van der Waals surface area contributed by atoms with Crippen molar-refractivity contribution < 1.29 is 17.9 Å². The van der Waals surface area contributed by atoms with Gasteiger partial charge in [-0.1, -0.05) is 12.1 Å². The summed E-state index contributed by atoms with van der Waals surface area (Å²) in [5.74, 6) is -0.351. The Bertz CT molecular complexity index is 893. The lowest BCUT2D eigenvalue weighted by Crippen LogP contribution is -2.35. The first-order valence-electron chi connectivity index (χ1n) is 8.34. The molecule has 0 saturated carbocycles. The van der Waals surface area contributed by atoms with Crippen molar-refractivity contribution >= 4 is 15.9 Å². The predicted octanol–water partition coefficient (Wildman–Crippen LogP) is 1.39. The first-order chi connectivity index (χ1) is 12.5. The van der Waals surface area contributed by atoms with Gasteiger partial charge in [-0.25, -0.2) is 13.1 Å². The third-order valence-electron chi connectivity index (χ3n) is 4.19. The summed E-state index contributed by atoms with van der Waals surface area (Å²) in [6.07, 6.45) is 2.31. The number of pyridine rings is 1. The molecule has 1 amide bonds. The summed E-state index contributed by atoms with van der Waals surface area (Å²) in [6, 6.07) is 9.50. The molecule has 1 aromatic heterocycles. The number of nitrogens with zero attached hydrogens (tertiary/aromatic N) is 1. The van der Waals surface area contributed by atoms with Crippen molar-refractivity contribution in [1.82, 2.24) is 15.0 Å². The average molecular weight is 375 g/mol. The van der Waals surface area contributed by atoms with Crippen LogP contribution in [0.15, 0.2) is 47.5 Å². The van der Waals surface area contributed by atoms with E-state index in [0.717, 1.165) is 11.3 Å². The van der Waals surface area contributed by atoms with Crippen LogP contribution in [0.4, 0.5) is 0 Å². The highest BCUT2D eigenvalue weighted by atomic mass is 32.2. The molecule has 1 atom stereocenters. The lowest BCUT2D eigenvalue weighted by molar-refractivity contribution is 0.0950. The monoisotopic (exact) mass is 375 g/mol. The molecule has 26 heavy (non-hydrogen) atoms. The molecule has 0 aliphatic carbocycles. The molecule has 2 heterocycles. The Morgan fingerprint density at radius 3 is 2.88 bits per heavy atom. The van der Waals surface area contributed by atoms with E-state index < -0.39 is 10.0 Å². The topological polar surface area (TPSA) is 97.4 Å². The normalized spacial score (nSPS) is 17.2. The minimum atomic E-state index is -3.70. The van der Waals surface area contributed by atoms with Gasteiger partial charge in [0.25, 0.3) is 5.91 Å². The van der Waals surface area contributed by atoms with Crippen LogP contribution in [0.2, 0.25) is 0 Å².